The highest BCUT2D eigenvalue weighted by molar-refractivity contribution is 7.99. The van der Waals surface area contributed by atoms with E-state index in [2.05, 4.69) is 19.7 Å². The number of nitrogens with zero attached hydrogens (tertiary/aromatic N) is 3. The molecular weight excluding hydrogens is 405 g/mol. The number of aryl methyl sites for hydroxylation is 1. The van der Waals surface area contributed by atoms with E-state index in [1.54, 1.807) is 30.5 Å². The number of hydrogen-bond acceptors (Lipinski definition) is 7. The van der Waals surface area contributed by atoms with Gasteiger partial charge in [-0.2, -0.15) is 17.5 Å². The summed E-state index contributed by atoms with van der Waals surface area (Å²) in [4.78, 5) is 20.2. The number of aromatic nitrogens is 3. The number of nitrogens with one attached hydrogen (secondary N) is 1. The molecule has 5 nitrogen and oxygen atoms in total. The maximum Gasteiger partial charge on any atom is 0.433 e. The molecule has 11 heteroatoms. The normalized spacial score (nSPS) is 11.5. The average molecular weight is 416 g/mol. The van der Waals surface area contributed by atoms with Gasteiger partial charge in [0.25, 0.3) is 0 Å². The summed E-state index contributed by atoms with van der Waals surface area (Å²) in [6.07, 6.45) is -4.59. The van der Waals surface area contributed by atoms with Gasteiger partial charge in [-0.05, 0) is 42.0 Å². The van der Waals surface area contributed by atoms with Crippen molar-refractivity contribution in [3.63, 3.8) is 0 Å². The number of carbonyl (C=O) groups excluding carboxylic acids is 1. The van der Waals surface area contributed by atoms with Crippen LogP contribution in [0, 0.1) is 6.92 Å². The number of rotatable bonds is 5. The average Bonchev–Trinajstić information content (AvgIpc) is 3.24. The topological polar surface area (TPSA) is 67.8 Å². The summed E-state index contributed by atoms with van der Waals surface area (Å²) in [6.45, 7) is 1.80. The van der Waals surface area contributed by atoms with Crippen molar-refractivity contribution < 1.29 is 18.0 Å². The number of anilines is 1. The monoisotopic (exact) mass is 416 g/mol. The second-order valence-electron chi connectivity index (χ2n) is 5.07. The minimum Gasteiger partial charge on any atom is -0.316 e. The van der Waals surface area contributed by atoms with Gasteiger partial charge in [0.2, 0.25) is 5.91 Å². The van der Waals surface area contributed by atoms with Gasteiger partial charge in [0.05, 0.1) is 22.0 Å². The minimum atomic E-state index is -4.59. The van der Waals surface area contributed by atoms with E-state index in [0.29, 0.717) is 9.88 Å². The first-order valence-corrected chi connectivity index (χ1v) is 9.81. The fraction of sp³-hybridized carbons (Fsp3) is 0.200. The van der Waals surface area contributed by atoms with Gasteiger partial charge in [0.1, 0.15) is 10.7 Å². The number of hydrogen-bond donors (Lipinski definition) is 1. The first kappa shape index (κ1) is 18.8. The summed E-state index contributed by atoms with van der Waals surface area (Å²) in [5, 5.41) is 4.88. The molecule has 3 aromatic heterocycles. The lowest BCUT2D eigenvalue weighted by molar-refractivity contribution is -0.141. The van der Waals surface area contributed by atoms with Crippen LogP contribution in [-0.4, -0.2) is 26.0 Å². The maximum atomic E-state index is 13.1. The first-order chi connectivity index (χ1) is 12.3. The molecule has 0 fully saturated rings. The Labute approximate surface area is 158 Å². The standard InChI is InChI=1S/C15H11F3N4OS3/c1-8-5-13(26-22-8)21-12(23)7-25-14-19-9(10-3-2-4-24-10)6-11(20-14)15(16,17)18/h2-6H,7H2,1H3,(H,21,23). The van der Waals surface area contributed by atoms with E-state index < -0.39 is 11.9 Å². The Morgan fingerprint density at radius 1 is 1.31 bits per heavy atom. The number of thioether (sulfide) groups is 1. The Balaban J connectivity index is 1.76. The summed E-state index contributed by atoms with van der Waals surface area (Å²) in [5.74, 6) is -0.473. The molecule has 0 aliphatic carbocycles. The lowest BCUT2D eigenvalue weighted by Crippen LogP contribution is -2.14. The van der Waals surface area contributed by atoms with Gasteiger partial charge in [-0.3, -0.25) is 4.79 Å². The third kappa shape index (κ3) is 4.80. The van der Waals surface area contributed by atoms with E-state index in [1.807, 2.05) is 0 Å². The van der Waals surface area contributed by atoms with Crippen LogP contribution in [0.5, 0.6) is 0 Å². The van der Waals surface area contributed by atoms with Crippen LogP contribution >= 0.6 is 34.6 Å². The Morgan fingerprint density at radius 2 is 2.12 bits per heavy atom. The molecule has 1 N–H and O–H groups in total. The SMILES string of the molecule is Cc1cc(NC(=O)CSc2nc(-c3cccs3)cc(C(F)(F)F)n2)sn1. The van der Waals surface area contributed by atoms with Gasteiger partial charge in [-0.15, -0.1) is 11.3 Å². The van der Waals surface area contributed by atoms with Crippen molar-refractivity contribution in [2.75, 3.05) is 11.1 Å². The van der Waals surface area contributed by atoms with Crippen LogP contribution < -0.4 is 5.32 Å². The molecular formula is C15H11F3N4OS3. The van der Waals surface area contributed by atoms with E-state index in [0.717, 1.165) is 35.1 Å². The molecule has 0 unspecified atom stereocenters. The second kappa shape index (κ2) is 7.72. The first-order valence-electron chi connectivity index (χ1n) is 7.17. The smallest absolute Gasteiger partial charge is 0.316 e. The molecule has 0 spiro atoms. The van der Waals surface area contributed by atoms with Gasteiger partial charge in [0, 0.05) is 0 Å². The largest absolute Gasteiger partial charge is 0.433 e. The molecule has 0 atom stereocenters. The molecule has 0 bridgehead atoms. The van der Waals surface area contributed by atoms with Gasteiger partial charge >= 0.3 is 6.18 Å². The fourth-order valence-corrected chi connectivity index (χ4v) is 3.93. The van der Waals surface area contributed by atoms with Crippen molar-refractivity contribution in [3.05, 3.63) is 41.0 Å². The summed E-state index contributed by atoms with van der Waals surface area (Å²) in [7, 11) is 0. The Bertz CT molecular complexity index is 909. The number of alkyl halides is 3. The predicted molar refractivity (Wildman–Crippen MR) is 96.6 cm³/mol. The van der Waals surface area contributed by atoms with Crippen LogP contribution in [0.3, 0.4) is 0 Å². The van der Waals surface area contributed by atoms with Crippen molar-refractivity contribution in [1.29, 1.82) is 0 Å². The van der Waals surface area contributed by atoms with Crippen molar-refractivity contribution >= 4 is 45.5 Å². The van der Waals surface area contributed by atoms with Crippen LogP contribution in [-0.2, 0) is 11.0 Å². The molecule has 0 saturated carbocycles. The minimum absolute atomic E-state index is 0.0983. The Hall–Kier alpha value is -1.98. The quantitative estimate of drug-likeness (QED) is 0.482. The number of halogens is 3. The van der Waals surface area contributed by atoms with Crippen LogP contribution in [0.2, 0.25) is 0 Å². The molecule has 26 heavy (non-hydrogen) atoms. The molecule has 0 aliphatic rings. The van der Waals surface area contributed by atoms with Crippen LogP contribution in [0.25, 0.3) is 10.6 Å². The summed E-state index contributed by atoms with van der Waals surface area (Å²) in [5.41, 5.74) is -0.0695. The zero-order valence-corrected chi connectivity index (χ0v) is 15.7. The number of amides is 1. The zero-order valence-electron chi connectivity index (χ0n) is 13.2. The molecule has 0 aromatic carbocycles. The van der Waals surface area contributed by atoms with Gasteiger partial charge in [-0.1, -0.05) is 17.8 Å². The van der Waals surface area contributed by atoms with Gasteiger partial charge in [-0.25, -0.2) is 9.97 Å². The Kier molecular flexibility index (Phi) is 5.58. The molecule has 0 radical (unpaired) electrons. The highest BCUT2D eigenvalue weighted by atomic mass is 32.2. The van der Waals surface area contributed by atoms with E-state index in [4.69, 9.17) is 0 Å². The number of carbonyl (C=O) groups is 1. The maximum absolute atomic E-state index is 13.1. The predicted octanol–water partition coefficient (Wildman–Crippen LogP) is 4.72. The summed E-state index contributed by atoms with van der Waals surface area (Å²) in [6, 6.07) is 6.03. The molecule has 0 saturated heterocycles. The fourth-order valence-electron chi connectivity index (χ4n) is 1.91. The van der Waals surface area contributed by atoms with Crippen molar-refractivity contribution in [2.24, 2.45) is 0 Å². The molecule has 3 heterocycles. The lowest BCUT2D eigenvalue weighted by atomic mass is 10.3. The van der Waals surface area contributed by atoms with Gasteiger partial charge in [0.15, 0.2) is 5.16 Å². The van der Waals surface area contributed by atoms with E-state index in [1.165, 1.54) is 11.3 Å². The third-order valence-corrected chi connectivity index (χ3v) is 5.53. The lowest BCUT2D eigenvalue weighted by Gasteiger charge is -2.09. The Morgan fingerprint density at radius 3 is 2.73 bits per heavy atom. The van der Waals surface area contributed by atoms with Crippen molar-refractivity contribution in [3.8, 4) is 10.6 Å². The summed E-state index contributed by atoms with van der Waals surface area (Å²) < 4.78 is 43.3. The molecule has 0 aliphatic heterocycles. The number of thiophene rings is 1. The molecule has 136 valence electrons. The van der Waals surface area contributed by atoms with Gasteiger partial charge < -0.3 is 5.32 Å². The summed E-state index contributed by atoms with van der Waals surface area (Å²) >= 11 is 3.27. The van der Waals surface area contributed by atoms with Crippen molar-refractivity contribution in [2.45, 2.75) is 18.3 Å². The highest BCUT2D eigenvalue weighted by Gasteiger charge is 2.34. The van der Waals surface area contributed by atoms with Crippen LogP contribution in [0.1, 0.15) is 11.4 Å². The van der Waals surface area contributed by atoms with E-state index in [-0.39, 0.29) is 22.5 Å². The van der Waals surface area contributed by atoms with Crippen molar-refractivity contribution in [1.82, 2.24) is 14.3 Å². The van der Waals surface area contributed by atoms with E-state index >= 15 is 0 Å². The van der Waals surface area contributed by atoms with Crippen LogP contribution in [0.4, 0.5) is 18.2 Å². The highest BCUT2D eigenvalue weighted by Crippen LogP contribution is 2.33. The van der Waals surface area contributed by atoms with E-state index in [9.17, 15) is 18.0 Å². The molecule has 3 aromatic rings. The second-order valence-corrected chi connectivity index (χ2v) is 7.76. The molecule has 1 amide bonds. The third-order valence-electron chi connectivity index (χ3n) is 2.99. The molecule has 3 rings (SSSR count). The van der Waals surface area contributed by atoms with Crippen LogP contribution in [0.15, 0.2) is 34.8 Å². The zero-order chi connectivity index (χ0) is 18.7.